The molecule has 9 nitrogen and oxygen atoms in total. The highest BCUT2D eigenvalue weighted by molar-refractivity contribution is 7.89. The molecule has 2 aromatic heterocycles. The quantitative estimate of drug-likeness (QED) is 0.646. The molecule has 4 rings (SSSR count). The molecule has 0 N–H and O–H groups in total. The molecule has 2 aliphatic rings. The van der Waals surface area contributed by atoms with Crippen LogP contribution in [0.25, 0.3) is 5.65 Å². The van der Waals surface area contributed by atoms with E-state index in [1.165, 1.54) is 14.9 Å². The Labute approximate surface area is 171 Å². The predicted molar refractivity (Wildman–Crippen MR) is 105 cm³/mol. The van der Waals surface area contributed by atoms with E-state index in [1.54, 1.807) is 12.1 Å². The number of carbonyl (C=O) groups excluding carboxylic acids is 2. The first-order valence-electron chi connectivity index (χ1n) is 9.27. The Bertz CT molecular complexity index is 1160. The van der Waals surface area contributed by atoms with Crippen LogP contribution in [-0.2, 0) is 32.6 Å². The Balaban J connectivity index is 1.56. The Morgan fingerprint density at radius 3 is 2.52 bits per heavy atom. The number of likely N-dealkylation sites (tertiary alicyclic amines) is 1. The second-order valence-electron chi connectivity index (χ2n) is 7.11. The largest absolute Gasteiger partial charge is 0.282 e. The fourth-order valence-electron chi connectivity index (χ4n) is 3.67. The van der Waals surface area contributed by atoms with E-state index >= 15 is 0 Å². The van der Waals surface area contributed by atoms with Crippen molar-refractivity contribution in [3.05, 3.63) is 45.0 Å². The molecule has 0 aliphatic carbocycles. The molecule has 1 saturated heterocycles. The van der Waals surface area contributed by atoms with Crippen LogP contribution < -0.4 is 5.56 Å². The van der Waals surface area contributed by atoms with Crippen molar-refractivity contribution in [1.82, 2.24) is 18.6 Å². The van der Waals surface area contributed by atoms with Gasteiger partial charge in [-0.25, -0.2) is 13.4 Å². The molecule has 0 bridgehead atoms. The van der Waals surface area contributed by atoms with E-state index in [0.717, 1.165) is 4.90 Å². The first kappa shape index (κ1) is 20.0. The van der Waals surface area contributed by atoms with E-state index in [4.69, 9.17) is 11.6 Å². The van der Waals surface area contributed by atoms with Crippen molar-refractivity contribution in [3.8, 4) is 0 Å². The average molecular weight is 439 g/mol. The number of hydrogen-bond donors (Lipinski definition) is 0. The number of hydrogen-bond acceptors (Lipinski definition) is 6. The summed E-state index contributed by atoms with van der Waals surface area (Å²) >= 11 is 5.96. The molecular weight excluding hydrogens is 420 g/mol. The molecule has 0 unspecified atom stereocenters. The van der Waals surface area contributed by atoms with Crippen molar-refractivity contribution in [2.75, 3.05) is 18.8 Å². The monoisotopic (exact) mass is 438 g/mol. The number of rotatable bonds is 4. The summed E-state index contributed by atoms with van der Waals surface area (Å²) < 4.78 is 28.1. The number of carbonyl (C=O) groups is 2. The van der Waals surface area contributed by atoms with Crippen molar-refractivity contribution in [1.29, 1.82) is 0 Å². The lowest BCUT2D eigenvalue weighted by molar-refractivity contribution is -0.147. The standard InChI is InChI=1S/C18H19ClN4O5S/c19-12-4-5-15-20-14-6-7-21(11-13(14)18(26)23(15)10-12)29(27,28)9-8-22-16(24)2-1-3-17(22)25/h4-5,10H,1-3,6-9,11H2. The summed E-state index contributed by atoms with van der Waals surface area (Å²) in [6.45, 7) is -0.0812. The Hall–Kier alpha value is -2.30. The molecule has 2 amide bonds. The molecule has 11 heteroatoms. The minimum absolute atomic E-state index is 0.0964. The normalized spacial score (nSPS) is 18.3. The van der Waals surface area contributed by atoms with Gasteiger partial charge in [0.25, 0.3) is 5.56 Å². The maximum Gasteiger partial charge on any atom is 0.262 e. The molecule has 1 fully saturated rings. The minimum atomic E-state index is -3.77. The fourth-order valence-corrected chi connectivity index (χ4v) is 5.20. The summed E-state index contributed by atoms with van der Waals surface area (Å²) in [6.07, 6.45) is 2.76. The van der Waals surface area contributed by atoms with Gasteiger partial charge in [0, 0.05) is 45.1 Å². The van der Waals surface area contributed by atoms with Crippen molar-refractivity contribution in [3.63, 3.8) is 0 Å². The predicted octanol–water partition coefficient (Wildman–Crippen LogP) is 0.575. The number of nitrogens with zero attached hydrogens (tertiary/aromatic N) is 4. The molecule has 0 radical (unpaired) electrons. The van der Waals surface area contributed by atoms with Gasteiger partial charge in [0.2, 0.25) is 21.8 Å². The van der Waals surface area contributed by atoms with Gasteiger partial charge in [0.05, 0.1) is 22.0 Å². The molecule has 0 aromatic carbocycles. The molecule has 0 atom stereocenters. The van der Waals surface area contributed by atoms with Crippen LogP contribution in [0.5, 0.6) is 0 Å². The summed E-state index contributed by atoms with van der Waals surface area (Å²) in [5.41, 5.74) is 0.986. The molecule has 0 saturated carbocycles. The van der Waals surface area contributed by atoms with E-state index in [9.17, 15) is 22.8 Å². The van der Waals surface area contributed by atoms with Gasteiger partial charge in [-0.15, -0.1) is 0 Å². The van der Waals surface area contributed by atoms with Gasteiger partial charge in [0.15, 0.2) is 0 Å². The third-order valence-corrected chi connectivity index (χ3v) is 7.27. The maximum absolute atomic E-state index is 12.8. The molecular formula is C18H19ClN4O5S. The van der Waals surface area contributed by atoms with Gasteiger partial charge in [-0.05, 0) is 18.6 Å². The number of sulfonamides is 1. The van der Waals surface area contributed by atoms with Crippen LogP contribution in [-0.4, -0.2) is 57.7 Å². The first-order chi connectivity index (χ1) is 13.8. The van der Waals surface area contributed by atoms with Crippen LogP contribution in [0, 0.1) is 0 Å². The number of imide groups is 1. The number of halogens is 1. The summed E-state index contributed by atoms with van der Waals surface area (Å²) in [6, 6.07) is 3.28. The van der Waals surface area contributed by atoms with E-state index in [0.29, 0.717) is 34.8 Å². The fraction of sp³-hybridized carbons (Fsp3) is 0.444. The molecule has 4 heterocycles. The van der Waals surface area contributed by atoms with E-state index in [1.807, 2.05) is 0 Å². The molecule has 0 spiro atoms. The molecule has 154 valence electrons. The van der Waals surface area contributed by atoms with Crippen LogP contribution >= 0.6 is 11.6 Å². The maximum atomic E-state index is 12.8. The summed E-state index contributed by atoms with van der Waals surface area (Å²) in [7, 11) is -3.77. The van der Waals surface area contributed by atoms with Gasteiger partial charge < -0.3 is 0 Å². The van der Waals surface area contributed by atoms with Gasteiger partial charge in [-0.3, -0.25) is 23.7 Å². The van der Waals surface area contributed by atoms with Crippen molar-refractivity contribution in [2.45, 2.75) is 32.2 Å². The highest BCUT2D eigenvalue weighted by atomic mass is 35.5. The van der Waals surface area contributed by atoms with E-state index in [-0.39, 0.29) is 55.6 Å². The van der Waals surface area contributed by atoms with Gasteiger partial charge >= 0.3 is 0 Å². The highest BCUT2D eigenvalue weighted by Gasteiger charge is 2.32. The highest BCUT2D eigenvalue weighted by Crippen LogP contribution is 2.20. The Morgan fingerprint density at radius 2 is 1.79 bits per heavy atom. The minimum Gasteiger partial charge on any atom is -0.282 e. The van der Waals surface area contributed by atoms with Gasteiger partial charge in [0.1, 0.15) is 5.65 Å². The van der Waals surface area contributed by atoms with Gasteiger partial charge in [-0.2, -0.15) is 4.31 Å². The number of pyridine rings is 1. The molecule has 2 aromatic rings. The van der Waals surface area contributed by atoms with Crippen LogP contribution in [0.15, 0.2) is 23.1 Å². The third kappa shape index (κ3) is 3.79. The van der Waals surface area contributed by atoms with Crippen LogP contribution in [0.3, 0.4) is 0 Å². The lowest BCUT2D eigenvalue weighted by Crippen LogP contribution is -2.46. The Kier molecular flexibility index (Phi) is 5.18. The topological polar surface area (TPSA) is 109 Å². The Morgan fingerprint density at radius 1 is 1.07 bits per heavy atom. The SMILES string of the molecule is O=C1CCCC(=O)N1CCS(=O)(=O)N1CCc2nc3ccc(Cl)cn3c(=O)c2C1. The number of aromatic nitrogens is 2. The first-order valence-corrected chi connectivity index (χ1v) is 11.3. The second-order valence-corrected chi connectivity index (χ2v) is 9.63. The zero-order chi connectivity index (χ0) is 20.8. The number of piperidine rings is 1. The third-order valence-electron chi connectivity index (χ3n) is 5.25. The number of amides is 2. The average Bonchev–Trinajstić information content (AvgIpc) is 2.68. The van der Waals surface area contributed by atoms with Crippen LogP contribution in [0.1, 0.15) is 30.5 Å². The van der Waals surface area contributed by atoms with Crippen molar-refractivity contribution in [2.24, 2.45) is 0 Å². The smallest absolute Gasteiger partial charge is 0.262 e. The zero-order valence-electron chi connectivity index (χ0n) is 15.5. The van der Waals surface area contributed by atoms with E-state index in [2.05, 4.69) is 4.98 Å². The lowest BCUT2D eigenvalue weighted by atomic mass is 10.1. The molecule has 2 aliphatic heterocycles. The van der Waals surface area contributed by atoms with Crippen molar-refractivity contribution < 1.29 is 18.0 Å². The van der Waals surface area contributed by atoms with Crippen LogP contribution in [0.2, 0.25) is 5.02 Å². The second kappa shape index (κ2) is 7.51. The van der Waals surface area contributed by atoms with Gasteiger partial charge in [-0.1, -0.05) is 11.6 Å². The van der Waals surface area contributed by atoms with Crippen molar-refractivity contribution >= 4 is 39.1 Å². The molecule has 29 heavy (non-hydrogen) atoms. The number of fused-ring (bicyclic) bond motifs is 2. The zero-order valence-corrected chi connectivity index (χ0v) is 17.1. The summed E-state index contributed by atoms with van der Waals surface area (Å²) in [5.74, 6) is -1.05. The summed E-state index contributed by atoms with van der Waals surface area (Å²) in [4.78, 5) is 42.1. The summed E-state index contributed by atoms with van der Waals surface area (Å²) in [5, 5.41) is 0.373. The lowest BCUT2D eigenvalue weighted by Gasteiger charge is -2.29. The van der Waals surface area contributed by atoms with E-state index < -0.39 is 10.0 Å². The van der Waals surface area contributed by atoms with Crippen LogP contribution in [0.4, 0.5) is 0 Å².